The van der Waals surface area contributed by atoms with Crippen molar-refractivity contribution in [2.24, 2.45) is 0 Å². The van der Waals surface area contributed by atoms with Gasteiger partial charge in [-0.1, -0.05) is 12.1 Å². The number of hydrogen-bond donors (Lipinski definition) is 0. The van der Waals surface area contributed by atoms with Crippen LogP contribution in [-0.2, 0) is 0 Å². The van der Waals surface area contributed by atoms with Gasteiger partial charge in [0.2, 0.25) is 0 Å². The standard InChI is InChI=1S/C19H16N2O4/c1-3-17(22)13-8-10-16(11-9-13)24-19(23)15-6-4-14(5-7-15)18-20-12(2)21-25-18/h4-11H,3H2,1-2H3. The Morgan fingerprint density at radius 2 is 1.64 bits per heavy atom. The number of esters is 1. The summed E-state index contributed by atoms with van der Waals surface area (Å²) in [6, 6.07) is 13.2. The quantitative estimate of drug-likeness (QED) is 0.400. The lowest BCUT2D eigenvalue weighted by molar-refractivity contribution is 0.0734. The summed E-state index contributed by atoms with van der Waals surface area (Å²) in [6.07, 6.45) is 0.436. The summed E-state index contributed by atoms with van der Waals surface area (Å²) < 4.78 is 10.4. The highest BCUT2D eigenvalue weighted by Crippen LogP contribution is 2.19. The molecule has 3 aromatic rings. The molecule has 0 unspecified atom stereocenters. The van der Waals surface area contributed by atoms with Crippen LogP contribution in [0, 0.1) is 6.92 Å². The second-order valence-corrected chi connectivity index (χ2v) is 5.41. The van der Waals surface area contributed by atoms with E-state index in [4.69, 9.17) is 9.26 Å². The summed E-state index contributed by atoms with van der Waals surface area (Å²) >= 11 is 0. The number of ether oxygens (including phenoxy) is 1. The number of carbonyl (C=O) groups is 2. The summed E-state index contributed by atoms with van der Waals surface area (Å²) in [4.78, 5) is 27.9. The van der Waals surface area contributed by atoms with E-state index in [0.29, 0.717) is 35.0 Å². The minimum atomic E-state index is -0.483. The zero-order valence-electron chi connectivity index (χ0n) is 13.9. The summed E-state index contributed by atoms with van der Waals surface area (Å²) in [7, 11) is 0. The first-order valence-corrected chi connectivity index (χ1v) is 7.83. The van der Waals surface area contributed by atoms with Crippen LogP contribution in [0.15, 0.2) is 53.1 Å². The van der Waals surface area contributed by atoms with Crippen molar-refractivity contribution in [3.05, 3.63) is 65.5 Å². The number of benzene rings is 2. The van der Waals surface area contributed by atoms with Crippen molar-refractivity contribution in [2.45, 2.75) is 20.3 Å². The molecule has 25 heavy (non-hydrogen) atoms. The fraction of sp³-hybridized carbons (Fsp3) is 0.158. The first-order chi connectivity index (χ1) is 12.1. The summed E-state index contributed by atoms with van der Waals surface area (Å²) in [5.41, 5.74) is 1.72. The van der Waals surface area contributed by atoms with E-state index in [-0.39, 0.29) is 5.78 Å². The number of ketones is 1. The van der Waals surface area contributed by atoms with E-state index in [1.807, 2.05) is 0 Å². The molecular weight excluding hydrogens is 320 g/mol. The van der Waals surface area contributed by atoms with Gasteiger partial charge >= 0.3 is 5.97 Å². The van der Waals surface area contributed by atoms with Gasteiger partial charge in [0, 0.05) is 17.5 Å². The van der Waals surface area contributed by atoms with Crippen molar-refractivity contribution in [3.8, 4) is 17.2 Å². The molecule has 0 aliphatic rings. The molecular formula is C19H16N2O4. The lowest BCUT2D eigenvalue weighted by Crippen LogP contribution is -2.08. The van der Waals surface area contributed by atoms with Crippen LogP contribution in [0.2, 0.25) is 0 Å². The van der Waals surface area contributed by atoms with Crippen LogP contribution in [0.5, 0.6) is 5.75 Å². The lowest BCUT2D eigenvalue weighted by atomic mass is 10.1. The normalized spacial score (nSPS) is 10.5. The molecule has 0 aliphatic carbocycles. The van der Waals surface area contributed by atoms with Gasteiger partial charge in [0.05, 0.1) is 5.56 Å². The van der Waals surface area contributed by atoms with Crippen LogP contribution in [0.4, 0.5) is 0 Å². The topological polar surface area (TPSA) is 82.3 Å². The van der Waals surface area contributed by atoms with Gasteiger partial charge in [0.1, 0.15) is 5.75 Å². The minimum absolute atomic E-state index is 0.0460. The third-order valence-electron chi connectivity index (χ3n) is 3.60. The van der Waals surface area contributed by atoms with Gasteiger partial charge in [-0.15, -0.1) is 0 Å². The largest absolute Gasteiger partial charge is 0.423 e. The fourth-order valence-corrected chi connectivity index (χ4v) is 2.24. The average molecular weight is 336 g/mol. The predicted octanol–water partition coefficient (Wildman–Crippen LogP) is 3.86. The molecule has 2 aromatic carbocycles. The van der Waals surface area contributed by atoms with Gasteiger partial charge in [-0.2, -0.15) is 4.98 Å². The Morgan fingerprint density at radius 1 is 1.00 bits per heavy atom. The maximum absolute atomic E-state index is 12.2. The summed E-state index contributed by atoms with van der Waals surface area (Å²) in [5.74, 6) is 0.888. The molecule has 0 saturated carbocycles. The summed E-state index contributed by atoms with van der Waals surface area (Å²) in [6.45, 7) is 3.54. The first-order valence-electron chi connectivity index (χ1n) is 7.83. The number of hydrogen-bond acceptors (Lipinski definition) is 6. The highest BCUT2D eigenvalue weighted by atomic mass is 16.5. The Hall–Kier alpha value is -3.28. The van der Waals surface area contributed by atoms with E-state index < -0.39 is 5.97 Å². The molecule has 0 aliphatic heterocycles. The number of nitrogens with zero attached hydrogens (tertiary/aromatic N) is 2. The summed E-state index contributed by atoms with van der Waals surface area (Å²) in [5, 5.41) is 3.73. The molecule has 0 N–H and O–H groups in total. The van der Waals surface area contributed by atoms with Gasteiger partial charge in [0.25, 0.3) is 5.89 Å². The Kier molecular flexibility index (Phi) is 4.70. The third kappa shape index (κ3) is 3.80. The van der Waals surface area contributed by atoms with Crippen molar-refractivity contribution < 1.29 is 18.8 Å². The maximum atomic E-state index is 12.2. The molecule has 0 fully saturated rings. The highest BCUT2D eigenvalue weighted by molar-refractivity contribution is 5.96. The van der Waals surface area contributed by atoms with E-state index in [2.05, 4.69) is 10.1 Å². The molecule has 1 aromatic heterocycles. The molecule has 1 heterocycles. The van der Waals surface area contributed by atoms with E-state index >= 15 is 0 Å². The molecule has 0 saturated heterocycles. The monoisotopic (exact) mass is 336 g/mol. The third-order valence-corrected chi connectivity index (χ3v) is 3.60. The molecule has 126 valence electrons. The van der Waals surface area contributed by atoms with Crippen molar-refractivity contribution in [1.82, 2.24) is 10.1 Å². The lowest BCUT2D eigenvalue weighted by Gasteiger charge is -2.05. The zero-order chi connectivity index (χ0) is 17.8. The van der Waals surface area contributed by atoms with Crippen LogP contribution in [-0.4, -0.2) is 21.9 Å². The highest BCUT2D eigenvalue weighted by Gasteiger charge is 2.12. The van der Waals surface area contributed by atoms with Gasteiger partial charge in [-0.25, -0.2) is 4.79 Å². The van der Waals surface area contributed by atoms with Crippen molar-refractivity contribution in [2.75, 3.05) is 0 Å². The van der Waals surface area contributed by atoms with Crippen molar-refractivity contribution in [1.29, 1.82) is 0 Å². The Bertz CT molecular complexity index is 896. The number of aryl methyl sites for hydroxylation is 1. The van der Waals surface area contributed by atoms with E-state index in [1.165, 1.54) is 0 Å². The second kappa shape index (κ2) is 7.09. The minimum Gasteiger partial charge on any atom is -0.423 e. The van der Waals surface area contributed by atoms with Gasteiger partial charge < -0.3 is 9.26 Å². The zero-order valence-corrected chi connectivity index (χ0v) is 13.9. The average Bonchev–Trinajstić information content (AvgIpc) is 3.08. The molecule has 6 nitrogen and oxygen atoms in total. The maximum Gasteiger partial charge on any atom is 0.343 e. The van der Waals surface area contributed by atoms with Crippen molar-refractivity contribution >= 4 is 11.8 Å². The smallest absolute Gasteiger partial charge is 0.343 e. The van der Waals surface area contributed by atoms with Crippen LogP contribution in [0.25, 0.3) is 11.5 Å². The van der Waals surface area contributed by atoms with Crippen LogP contribution >= 0.6 is 0 Å². The van der Waals surface area contributed by atoms with Crippen LogP contribution < -0.4 is 4.74 Å². The molecule has 3 rings (SSSR count). The number of carbonyl (C=O) groups excluding carboxylic acids is 2. The first kappa shape index (κ1) is 16.6. The number of rotatable bonds is 5. The molecule has 0 bridgehead atoms. The van der Waals surface area contributed by atoms with E-state index in [9.17, 15) is 9.59 Å². The Balaban J connectivity index is 1.70. The second-order valence-electron chi connectivity index (χ2n) is 5.41. The number of aromatic nitrogens is 2. The predicted molar refractivity (Wildman–Crippen MR) is 90.5 cm³/mol. The molecule has 0 spiro atoms. The van der Waals surface area contributed by atoms with Crippen LogP contribution in [0.3, 0.4) is 0 Å². The Labute approximate surface area is 144 Å². The van der Waals surface area contributed by atoms with Crippen LogP contribution in [0.1, 0.15) is 39.9 Å². The molecule has 6 heteroatoms. The molecule has 0 amide bonds. The Morgan fingerprint density at radius 3 is 2.20 bits per heavy atom. The van der Waals surface area contributed by atoms with Gasteiger partial charge in [-0.05, 0) is 55.5 Å². The van der Waals surface area contributed by atoms with Gasteiger partial charge in [0.15, 0.2) is 11.6 Å². The SMILES string of the molecule is CCC(=O)c1ccc(OC(=O)c2ccc(-c3nc(C)no3)cc2)cc1. The van der Waals surface area contributed by atoms with E-state index in [1.54, 1.807) is 62.4 Å². The number of Topliss-reactive ketones (excluding diaryl/α,β-unsaturated/α-hetero) is 1. The molecule has 0 atom stereocenters. The van der Waals surface area contributed by atoms with E-state index in [0.717, 1.165) is 5.56 Å². The van der Waals surface area contributed by atoms with Crippen molar-refractivity contribution in [3.63, 3.8) is 0 Å². The van der Waals surface area contributed by atoms with Gasteiger partial charge in [-0.3, -0.25) is 4.79 Å². The fourth-order valence-electron chi connectivity index (χ4n) is 2.24. The molecule has 0 radical (unpaired) electrons.